The van der Waals surface area contributed by atoms with Crippen LogP contribution in [0.15, 0.2) is 36.4 Å². The van der Waals surface area contributed by atoms with Gasteiger partial charge in [0.25, 0.3) is 0 Å². The first kappa shape index (κ1) is 14.3. The Morgan fingerprint density at radius 2 is 1.90 bits per heavy atom. The van der Waals surface area contributed by atoms with Gasteiger partial charge in [0.05, 0.1) is 12.8 Å². The predicted molar refractivity (Wildman–Crippen MR) is 88.5 cm³/mol. The van der Waals surface area contributed by atoms with Crippen molar-refractivity contribution in [3.8, 4) is 5.75 Å². The summed E-state index contributed by atoms with van der Waals surface area (Å²) in [6.07, 6.45) is 2.69. The van der Waals surface area contributed by atoms with Crippen LogP contribution in [0.1, 0.15) is 35.4 Å². The quantitative estimate of drug-likeness (QED) is 0.825. The second-order valence-electron chi connectivity index (χ2n) is 5.67. The largest absolute Gasteiger partial charge is 0.495 e. The Morgan fingerprint density at radius 1 is 1.19 bits per heavy atom. The highest BCUT2D eigenvalue weighted by Crippen LogP contribution is 2.40. The molecule has 2 aromatic rings. The van der Waals surface area contributed by atoms with Crippen molar-refractivity contribution in [2.24, 2.45) is 0 Å². The fourth-order valence-electron chi connectivity index (χ4n) is 2.49. The molecule has 1 aliphatic rings. The van der Waals surface area contributed by atoms with Gasteiger partial charge in [-0.1, -0.05) is 35.9 Å². The monoisotopic (exact) mass is 301 g/mol. The number of rotatable bonds is 5. The molecule has 1 aliphatic carbocycles. The molecule has 3 heteroatoms. The first-order valence-electron chi connectivity index (χ1n) is 7.34. The SMILES string of the molecule is COc1cc(Cl)c(C)cc1NCc1ccc(C2CC2)cc1. The minimum absolute atomic E-state index is 0.728. The molecule has 21 heavy (non-hydrogen) atoms. The first-order chi connectivity index (χ1) is 10.2. The van der Waals surface area contributed by atoms with Gasteiger partial charge in [0, 0.05) is 17.6 Å². The van der Waals surface area contributed by atoms with E-state index in [1.807, 2.05) is 19.1 Å². The van der Waals surface area contributed by atoms with Crippen LogP contribution in [-0.2, 0) is 6.54 Å². The Balaban J connectivity index is 1.70. The molecule has 1 fully saturated rings. The smallest absolute Gasteiger partial charge is 0.143 e. The minimum Gasteiger partial charge on any atom is -0.495 e. The van der Waals surface area contributed by atoms with Crippen LogP contribution in [0.4, 0.5) is 5.69 Å². The number of hydrogen-bond donors (Lipinski definition) is 1. The van der Waals surface area contributed by atoms with Crippen LogP contribution >= 0.6 is 11.6 Å². The van der Waals surface area contributed by atoms with Crippen LogP contribution in [-0.4, -0.2) is 7.11 Å². The molecule has 110 valence electrons. The third-order valence-corrected chi connectivity index (χ3v) is 4.40. The van der Waals surface area contributed by atoms with Crippen molar-refractivity contribution in [1.29, 1.82) is 0 Å². The molecule has 2 nitrogen and oxygen atoms in total. The zero-order valence-corrected chi connectivity index (χ0v) is 13.2. The van der Waals surface area contributed by atoms with Gasteiger partial charge in [-0.15, -0.1) is 0 Å². The lowest BCUT2D eigenvalue weighted by atomic mass is 10.1. The van der Waals surface area contributed by atoms with Gasteiger partial charge in [-0.05, 0) is 48.4 Å². The number of anilines is 1. The van der Waals surface area contributed by atoms with E-state index in [0.717, 1.165) is 34.5 Å². The number of halogens is 1. The van der Waals surface area contributed by atoms with Gasteiger partial charge in [-0.3, -0.25) is 0 Å². The summed E-state index contributed by atoms with van der Waals surface area (Å²) in [5, 5.41) is 4.16. The number of ether oxygens (including phenoxy) is 1. The maximum atomic E-state index is 6.13. The maximum absolute atomic E-state index is 6.13. The molecular weight excluding hydrogens is 282 g/mol. The number of aryl methyl sites for hydroxylation is 1. The molecule has 2 aromatic carbocycles. The molecule has 1 N–H and O–H groups in total. The average Bonchev–Trinajstić information content (AvgIpc) is 3.33. The lowest BCUT2D eigenvalue weighted by Crippen LogP contribution is -2.02. The topological polar surface area (TPSA) is 21.3 Å². The van der Waals surface area contributed by atoms with E-state index in [4.69, 9.17) is 16.3 Å². The summed E-state index contributed by atoms with van der Waals surface area (Å²) in [6, 6.07) is 12.8. The van der Waals surface area contributed by atoms with E-state index in [0.29, 0.717) is 0 Å². The summed E-state index contributed by atoms with van der Waals surface area (Å²) in [6.45, 7) is 2.78. The molecular formula is C18H20ClNO. The maximum Gasteiger partial charge on any atom is 0.143 e. The van der Waals surface area contributed by atoms with E-state index in [1.54, 1.807) is 7.11 Å². The Labute approximate surface area is 131 Å². The number of nitrogens with one attached hydrogen (secondary N) is 1. The number of benzene rings is 2. The minimum atomic E-state index is 0.728. The second kappa shape index (κ2) is 5.98. The van der Waals surface area contributed by atoms with E-state index < -0.39 is 0 Å². The van der Waals surface area contributed by atoms with Crippen molar-refractivity contribution in [2.75, 3.05) is 12.4 Å². The third kappa shape index (κ3) is 3.33. The fourth-order valence-corrected chi connectivity index (χ4v) is 2.65. The molecule has 1 saturated carbocycles. The Kier molecular flexibility index (Phi) is 4.07. The molecule has 0 unspecified atom stereocenters. The highest BCUT2D eigenvalue weighted by Gasteiger charge is 2.22. The molecule has 0 radical (unpaired) electrons. The molecule has 0 aliphatic heterocycles. The lowest BCUT2D eigenvalue weighted by molar-refractivity contribution is 0.416. The van der Waals surface area contributed by atoms with Crippen LogP contribution in [0.3, 0.4) is 0 Å². The van der Waals surface area contributed by atoms with Gasteiger partial charge in [-0.25, -0.2) is 0 Å². The molecule has 0 heterocycles. The lowest BCUT2D eigenvalue weighted by Gasteiger charge is -2.13. The second-order valence-corrected chi connectivity index (χ2v) is 6.08. The van der Waals surface area contributed by atoms with Gasteiger partial charge >= 0.3 is 0 Å². The Morgan fingerprint density at radius 3 is 2.52 bits per heavy atom. The summed E-state index contributed by atoms with van der Waals surface area (Å²) in [5.74, 6) is 1.59. The molecule has 0 amide bonds. The van der Waals surface area contributed by atoms with Gasteiger partial charge in [0.15, 0.2) is 0 Å². The summed E-state index contributed by atoms with van der Waals surface area (Å²) in [5.41, 5.74) is 4.77. The normalized spacial score (nSPS) is 14.0. The van der Waals surface area contributed by atoms with Crippen LogP contribution in [0.2, 0.25) is 5.02 Å². The van der Waals surface area contributed by atoms with Gasteiger partial charge in [0.2, 0.25) is 0 Å². The van der Waals surface area contributed by atoms with E-state index in [9.17, 15) is 0 Å². The molecule has 0 spiro atoms. The van der Waals surface area contributed by atoms with Crippen LogP contribution in [0.25, 0.3) is 0 Å². The Bertz CT molecular complexity index is 632. The summed E-state index contributed by atoms with van der Waals surface area (Å²) >= 11 is 6.13. The zero-order valence-electron chi connectivity index (χ0n) is 12.4. The highest BCUT2D eigenvalue weighted by atomic mass is 35.5. The van der Waals surface area contributed by atoms with Crippen LogP contribution in [0.5, 0.6) is 5.75 Å². The van der Waals surface area contributed by atoms with E-state index in [-0.39, 0.29) is 0 Å². The highest BCUT2D eigenvalue weighted by molar-refractivity contribution is 6.31. The summed E-state index contributed by atoms with van der Waals surface area (Å²) in [4.78, 5) is 0. The van der Waals surface area contributed by atoms with Crippen molar-refractivity contribution in [3.05, 3.63) is 58.1 Å². The summed E-state index contributed by atoms with van der Waals surface area (Å²) < 4.78 is 5.38. The zero-order chi connectivity index (χ0) is 14.8. The van der Waals surface area contributed by atoms with E-state index >= 15 is 0 Å². The van der Waals surface area contributed by atoms with Gasteiger partial charge in [0.1, 0.15) is 5.75 Å². The van der Waals surface area contributed by atoms with E-state index in [2.05, 4.69) is 29.6 Å². The van der Waals surface area contributed by atoms with Crippen LogP contribution < -0.4 is 10.1 Å². The predicted octanol–water partition coefficient (Wildman–Crippen LogP) is 5.15. The van der Waals surface area contributed by atoms with Crippen molar-refractivity contribution in [1.82, 2.24) is 0 Å². The fraction of sp³-hybridized carbons (Fsp3) is 0.333. The molecule has 0 bridgehead atoms. The Hall–Kier alpha value is -1.67. The summed E-state index contributed by atoms with van der Waals surface area (Å²) in [7, 11) is 1.66. The van der Waals surface area contributed by atoms with Crippen molar-refractivity contribution in [3.63, 3.8) is 0 Å². The average molecular weight is 302 g/mol. The molecule has 0 atom stereocenters. The number of methoxy groups -OCH3 is 1. The molecule has 3 rings (SSSR count). The van der Waals surface area contributed by atoms with Crippen molar-refractivity contribution in [2.45, 2.75) is 32.2 Å². The molecule has 0 saturated heterocycles. The number of hydrogen-bond acceptors (Lipinski definition) is 2. The van der Waals surface area contributed by atoms with Gasteiger partial charge in [-0.2, -0.15) is 0 Å². The third-order valence-electron chi connectivity index (χ3n) is 3.99. The van der Waals surface area contributed by atoms with Crippen LogP contribution in [0, 0.1) is 6.92 Å². The van der Waals surface area contributed by atoms with Crippen molar-refractivity contribution >= 4 is 17.3 Å². The standard InChI is InChI=1S/C18H20ClNO/c1-12-9-17(18(21-2)10-16(12)19)20-11-13-3-5-14(6-4-13)15-7-8-15/h3-6,9-10,15,20H,7-8,11H2,1-2H3. The van der Waals surface area contributed by atoms with Crippen molar-refractivity contribution < 1.29 is 4.74 Å². The van der Waals surface area contributed by atoms with E-state index in [1.165, 1.54) is 24.0 Å². The van der Waals surface area contributed by atoms with Gasteiger partial charge < -0.3 is 10.1 Å². The molecule has 0 aromatic heterocycles. The first-order valence-corrected chi connectivity index (χ1v) is 7.72.